The highest BCUT2D eigenvalue weighted by Gasteiger charge is 2.33. The van der Waals surface area contributed by atoms with Crippen molar-refractivity contribution in [3.05, 3.63) is 23.4 Å². The first-order valence-corrected chi connectivity index (χ1v) is 5.98. The summed E-state index contributed by atoms with van der Waals surface area (Å²) in [6.45, 7) is 3.07. The second-order valence-corrected chi connectivity index (χ2v) is 4.07. The maximum absolute atomic E-state index is 12.6. The summed E-state index contributed by atoms with van der Waals surface area (Å²) >= 11 is 0. The second kappa shape index (κ2) is 6.42. The Balaban J connectivity index is 3.12. The predicted molar refractivity (Wildman–Crippen MR) is 67.5 cm³/mol. The zero-order valence-electron chi connectivity index (χ0n) is 11.3. The Bertz CT molecular complexity index is 546. The summed E-state index contributed by atoms with van der Waals surface area (Å²) in [5.41, 5.74) is 3.61. The van der Waals surface area contributed by atoms with Gasteiger partial charge in [-0.3, -0.25) is 4.79 Å². The standard InChI is InChI=1S/C12H14F3N3O3/c1-3-21-11(20)6(2)17-10-7(9(16)19)4-5-8(18-10)12(13,14)15/h4-6H,3H2,1-2H3,(H2,16,19)(H,17,18). The Morgan fingerprint density at radius 3 is 2.52 bits per heavy atom. The number of esters is 1. The number of amides is 1. The number of alkyl halides is 3. The molecule has 0 aromatic carbocycles. The zero-order valence-corrected chi connectivity index (χ0v) is 11.3. The lowest BCUT2D eigenvalue weighted by atomic mass is 10.2. The van der Waals surface area contributed by atoms with Crippen molar-refractivity contribution in [1.29, 1.82) is 0 Å². The van der Waals surface area contributed by atoms with Gasteiger partial charge in [-0.25, -0.2) is 9.78 Å². The van der Waals surface area contributed by atoms with E-state index in [4.69, 9.17) is 10.5 Å². The summed E-state index contributed by atoms with van der Waals surface area (Å²) in [5, 5.41) is 2.40. The molecule has 0 aliphatic carbocycles. The number of hydrogen-bond donors (Lipinski definition) is 2. The fraction of sp³-hybridized carbons (Fsp3) is 0.417. The van der Waals surface area contributed by atoms with Gasteiger partial charge in [-0.1, -0.05) is 0 Å². The molecule has 1 atom stereocenters. The first kappa shape index (κ1) is 16.7. The highest BCUT2D eigenvalue weighted by atomic mass is 19.4. The Labute approximate surface area is 118 Å². The van der Waals surface area contributed by atoms with E-state index in [0.717, 1.165) is 6.07 Å². The average Bonchev–Trinajstić information content (AvgIpc) is 2.37. The molecule has 3 N–H and O–H groups in total. The number of carbonyl (C=O) groups excluding carboxylic acids is 2. The lowest BCUT2D eigenvalue weighted by Gasteiger charge is -2.16. The maximum atomic E-state index is 12.6. The largest absolute Gasteiger partial charge is 0.464 e. The number of primary amides is 1. The van der Waals surface area contributed by atoms with Gasteiger partial charge in [0.25, 0.3) is 5.91 Å². The fourth-order valence-corrected chi connectivity index (χ4v) is 1.46. The molecule has 0 bridgehead atoms. The monoisotopic (exact) mass is 305 g/mol. The van der Waals surface area contributed by atoms with Gasteiger partial charge in [0.15, 0.2) is 0 Å². The molecule has 0 saturated heterocycles. The number of aromatic nitrogens is 1. The summed E-state index contributed by atoms with van der Waals surface area (Å²) in [7, 11) is 0. The fourth-order valence-electron chi connectivity index (χ4n) is 1.46. The molecule has 1 unspecified atom stereocenters. The summed E-state index contributed by atoms with van der Waals surface area (Å²) in [4.78, 5) is 26.0. The number of rotatable bonds is 5. The van der Waals surface area contributed by atoms with Gasteiger partial charge >= 0.3 is 12.1 Å². The van der Waals surface area contributed by atoms with Gasteiger partial charge in [0.05, 0.1) is 12.2 Å². The molecule has 6 nitrogen and oxygen atoms in total. The van der Waals surface area contributed by atoms with Crippen LogP contribution < -0.4 is 11.1 Å². The van der Waals surface area contributed by atoms with Crippen molar-refractivity contribution in [2.75, 3.05) is 11.9 Å². The van der Waals surface area contributed by atoms with Crippen LogP contribution in [0.15, 0.2) is 12.1 Å². The smallest absolute Gasteiger partial charge is 0.433 e. The van der Waals surface area contributed by atoms with Crippen LogP contribution >= 0.6 is 0 Å². The van der Waals surface area contributed by atoms with Gasteiger partial charge in [-0.15, -0.1) is 0 Å². The quantitative estimate of drug-likeness (QED) is 0.805. The minimum absolute atomic E-state index is 0.115. The van der Waals surface area contributed by atoms with Crippen molar-refractivity contribution in [2.24, 2.45) is 5.73 Å². The van der Waals surface area contributed by atoms with Crippen LogP contribution in [0.2, 0.25) is 0 Å². The van der Waals surface area contributed by atoms with Crippen molar-refractivity contribution in [3.63, 3.8) is 0 Å². The summed E-state index contributed by atoms with van der Waals surface area (Å²) in [6.07, 6.45) is -4.68. The maximum Gasteiger partial charge on any atom is 0.433 e. The van der Waals surface area contributed by atoms with Crippen molar-refractivity contribution in [3.8, 4) is 0 Å². The first-order valence-electron chi connectivity index (χ1n) is 5.98. The number of ether oxygens (including phenoxy) is 1. The summed E-state index contributed by atoms with van der Waals surface area (Å²) in [5.74, 6) is -2.07. The number of hydrogen-bond acceptors (Lipinski definition) is 5. The van der Waals surface area contributed by atoms with Crippen LogP contribution in [0.5, 0.6) is 0 Å². The third kappa shape index (κ3) is 4.33. The molecule has 1 aromatic rings. The van der Waals surface area contributed by atoms with E-state index in [1.165, 1.54) is 6.92 Å². The van der Waals surface area contributed by atoms with E-state index in [9.17, 15) is 22.8 Å². The van der Waals surface area contributed by atoms with E-state index in [2.05, 4.69) is 10.3 Å². The van der Waals surface area contributed by atoms with Gasteiger partial charge in [0.2, 0.25) is 0 Å². The van der Waals surface area contributed by atoms with Gasteiger partial charge < -0.3 is 15.8 Å². The average molecular weight is 305 g/mol. The molecule has 116 valence electrons. The zero-order chi connectivity index (χ0) is 16.2. The Morgan fingerprint density at radius 1 is 1.43 bits per heavy atom. The third-order valence-corrected chi connectivity index (χ3v) is 2.44. The lowest BCUT2D eigenvalue weighted by molar-refractivity contribution is -0.143. The van der Waals surface area contributed by atoms with Crippen molar-refractivity contribution < 1.29 is 27.5 Å². The third-order valence-electron chi connectivity index (χ3n) is 2.44. The number of pyridine rings is 1. The molecule has 0 aliphatic heterocycles. The Hall–Kier alpha value is -2.32. The molecule has 1 rings (SSSR count). The van der Waals surface area contributed by atoms with Gasteiger partial charge in [-0.05, 0) is 26.0 Å². The Kier molecular flexibility index (Phi) is 5.12. The summed E-state index contributed by atoms with van der Waals surface area (Å²) in [6, 6.07) is 0.553. The predicted octanol–water partition coefficient (Wildman–Crippen LogP) is 1.56. The van der Waals surface area contributed by atoms with Crippen molar-refractivity contribution >= 4 is 17.7 Å². The van der Waals surface area contributed by atoms with Gasteiger partial charge in [0.1, 0.15) is 17.6 Å². The number of carbonyl (C=O) groups is 2. The van der Waals surface area contributed by atoms with Crippen molar-refractivity contribution in [2.45, 2.75) is 26.1 Å². The van der Waals surface area contributed by atoms with Crippen LogP contribution in [0.3, 0.4) is 0 Å². The van der Waals surface area contributed by atoms with Gasteiger partial charge in [-0.2, -0.15) is 13.2 Å². The highest BCUT2D eigenvalue weighted by Crippen LogP contribution is 2.29. The number of nitrogens with one attached hydrogen (secondary N) is 1. The van der Waals surface area contributed by atoms with Crippen molar-refractivity contribution in [1.82, 2.24) is 4.98 Å². The number of anilines is 1. The van der Waals surface area contributed by atoms with E-state index < -0.39 is 35.6 Å². The lowest BCUT2D eigenvalue weighted by Crippen LogP contribution is -2.30. The van der Waals surface area contributed by atoms with Crippen LogP contribution in [0.25, 0.3) is 0 Å². The molecule has 0 radical (unpaired) electrons. The van der Waals surface area contributed by atoms with E-state index >= 15 is 0 Å². The second-order valence-electron chi connectivity index (χ2n) is 4.07. The van der Waals surface area contributed by atoms with Crippen LogP contribution in [0, 0.1) is 0 Å². The molecule has 1 heterocycles. The number of nitrogens with zero attached hydrogens (tertiary/aromatic N) is 1. The van der Waals surface area contributed by atoms with E-state index in [1.807, 2.05) is 0 Å². The molecule has 0 fully saturated rings. The molecule has 9 heteroatoms. The van der Waals surface area contributed by atoms with E-state index in [0.29, 0.717) is 6.07 Å². The molecule has 0 aliphatic rings. The molecule has 21 heavy (non-hydrogen) atoms. The number of halogens is 3. The molecular weight excluding hydrogens is 291 g/mol. The van der Waals surface area contributed by atoms with Crippen LogP contribution in [0.1, 0.15) is 29.9 Å². The molecule has 1 amide bonds. The SMILES string of the molecule is CCOC(=O)C(C)Nc1nc(C(F)(F)F)ccc1C(N)=O. The topological polar surface area (TPSA) is 94.3 Å². The van der Waals surface area contributed by atoms with E-state index in [-0.39, 0.29) is 12.2 Å². The normalized spacial score (nSPS) is 12.6. The molecule has 0 spiro atoms. The van der Waals surface area contributed by atoms with Crippen LogP contribution in [0.4, 0.5) is 19.0 Å². The minimum atomic E-state index is -4.68. The van der Waals surface area contributed by atoms with Crippen LogP contribution in [-0.4, -0.2) is 29.5 Å². The molecule has 0 saturated carbocycles. The van der Waals surface area contributed by atoms with Gasteiger partial charge in [0, 0.05) is 0 Å². The highest BCUT2D eigenvalue weighted by molar-refractivity contribution is 5.98. The van der Waals surface area contributed by atoms with E-state index in [1.54, 1.807) is 6.92 Å². The first-order chi connectivity index (χ1) is 9.66. The number of nitrogens with two attached hydrogens (primary N) is 1. The minimum Gasteiger partial charge on any atom is -0.464 e. The molecule has 1 aromatic heterocycles. The Morgan fingerprint density at radius 2 is 2.05 bits per heavy atom. The summed E-state index contributed by atoms with van der Waals surface area (Å²) < 4.78 is 42.6. The molecular formula is C12H14F3N3O3. The van der Waals surface area contributed by atoms with Crippen LogP contribution in [-0.2, 0) is 15.7 Å².